The molecule has 1 aliphatic heterocycles. The van der Waals surface area contributed by atoms with Gasteiger partial charge in [0.1, 0.15) is 11.6 Å². The molecule has 0 bridgehead atoms. The van der Waals surface area contributed by atoms with Crippen LogP contribution in [-0.4, -0.2) is 81.0 Å². The van der Waals surface area contributed by atoms with E-state index in [9.17, 15) is 19.1 Å². The van der Waals surface area contributed by atoms with E-state index >= 15 is 0 Å². The molecule has 0 spiro atoms. The Morgan fingerprint density at radius 1 is 1.13 bits per heavy atom. The lowest BCUT2D eigenvalue weighted by atomic mass is 9.98. The third kappa shape index (κ3) is 7.74. The Morgan fingerprint density at radius 2 is 1.82 bits per heavy atom. The predicted octanol–water partition coefficient (Wildman–Crippen LogP) is 3.36. The quantitative estimate of drug-likeness (QED) is 0.324. The lowest BCUT2D eigenvalue weighted by Crippen LogP contribution is -2.48. The molecule has 0 saturated carbocycles. The number of nitrogens with one attached hydrogen (secondary N) is 2. The van der Waals surface area contributed by atoms with Gasteiger partial charge in [0.2, 0.25) is 0 Å². The number of nitrogens with zero attached hydrogens (tertiary/aromatic N) is 4. The maximum absolute atomic E-state index is 12.9. The number of imidazole rings is 1. The monoisotopic (exact) mass is 520 g/mol. The summed E-state index contributed by atoms with van der Waals surface area (Å²) in [4.78, 5) is 37.6. The number of likely N-dealkylation sites (N-methyl/N-ethyl adjacent to an activating group) is 1. The van der Waals surface area contributed by atoms with Crippen molar-refractivity contribution in [1.29, 1.82) is 5.41 Å². The van der Waals surface area contributed by atoms with Crippen molar-refractivity contribution in [2.75, 3.05) is 33.2 Å². The first-order valence-corrected chi connectivity index (χ1v) is 12.3. The van der Waals surface area contributed by atoms with Crippen molar-refractivity contribution in [3.8, 4) is 0 Å². The van der Waals surface area contributed by atoms with Crippen molar-refractivity contribution < 1.29 is 19.1 Å². The first-order valence-electron chi connectivity index (χ1n) is 12.3. The number of carbonyl (C=O) groups is 2. The van der Waals surface area contributed by atoms with Gasteiger partial charge in [0.15, 0.2) is 12.4 Å². The van der Waals surface area contributed by atoms with Gasteiger partial charge in [0.25, 0.3) is 5.91 Å². The molecule has 4 rings (SSSR count). The summed E-state index contributed by atoms with van der Waals surface area (Å²) >= 11 is 0. The van der Waals surface area contributed by atoms with Gasteiger partial charge < -0.3 is 25.3 Å². The van der Waals surface area contributed by atoms with Crippen molar-refractivity contribution in [3.05, 3.63) is 89.5 Å². The highest BCUT2D eigenvalue weighted by molar-refractivity contribution is 6.10. The number of carbonyl (C=O) groups excluding carboxylic acids is 2. The molecule has 2 aromatic heterocycles. The third-order valence-corrected chi connectivity index (χ3v) is 6.12. The largest absolute Gasteiger partial charge is 0.378 e. The molecular formula is C28H33FN6O3. The highest BCUT2D eigenvalue weighted by atomic mass is 19.1. The number of hydrogen-bond donors (Lipinski definition) is 3. The molecule has 1 atom stereocenters. The summed E-state index contributed by atoms with van der Waals surface area (Å²) in [5.74, 6) is 0.128. The van der Waals surface area contributed by atoms with E-state index in [4.69, 9.17) is 5.41 Å². The molecule has 1 aliphatic rings. The van der Waals surface area contributed by atoms with Crippen LogP contribution in [0.15, 0.2) is 61.1 Å². The molecule has 200 valence electrons. The number of pyridine rings is 1. The number of H-pyrrole nitrogens is 1. The fraction of sp³-hybridized carbons (Fsp3) is 0.321. The Kier molecular flexibility index (Phi) is 10.1. The number of aromatic amines is 1. The number of aldehydes is 1. The van der Waals surface area contributed by atoms with Crippen LogP contribution in [0.25, 0.3) is 5.57 Å². The summed E-state index contributed by atoms with van der Waals surface area (Å²) in [5, 5.41) is 18.1. The number of amides is 1. The number of halogens is 1. The number of allylic oxidation sites excluding steroid dienone is 2. The molecule has 3 aromatic rings. The van der Waals surface area contributed by atoms with E-state index < -0.39 is 6.10 Å². The van der Waals surface area contributed by atoms with Gasteiger partial charge in [0, 0.05) is 44.1 Å². The van der Waals surface area contributed by atoms with Crippen LogP contribution in [-0.2, 0) is 4.79 Å². The van der Waals surface area contributed by atoms with Gasteiger partial charge in [-0.25, -0.2) is 9.37 Å². The number of aliphatic hydroxyl groups excluding tert-OH is 1. The summed E-state index contributed by atoms with van der Waals surface area (Å²) in [6, 6.07) is 9.20. The second-order valence-corrected chi connectivity index (χ2v) is 9.30. The zero-order chi connectivity index (χ0) is 27.7. The van der Waals surface area contributed by atoms with Gasteiger partial charge in [-0.15, -0.1) is 0 Å². The van der Waals surface area contributed by atoms with E-state index in [-0.39, 0.29) is 23.4 Å². The van der Waals surface area contributed by atoms with Crippen molar-refractivity contribution >= 4 is 23.5 Å². The second kappa shape index (κ2) is 13.5. The van der Waals surface area contributed by atoms with Crippen LogP contribution in [0.1, 0.15) is 47.4 Å². The first kappa shape index (κ1) is 28.5. The molecule has 1 amide bonds. The number of benzene rings is 1. The number of hydrogen-bond acceptors (Lipinski definition) is 7. The Balaban J connectivity index is 0.000000215. The highest BCUT2D eigenvalue weighted by Crippen LogP contribution is 2.21. The van der Waals surface area contributed by atoms with Gasteiger partial charge in [-0.3, -0.25) is 14.6 Å². The molecule has 38 heavy (non-hydrogen) atoms. The number of aliphatic hydroxyl groups is 1. The smallest absolute Gasteiger partial charge is 0.256 e. The normalized spacial score (nSPS) is 15.0. The van der Waals surface area contributed by atoms with Gasteiger partial charge in [-0.2, -0.15) is 0 Å². The standard InChI is InChI=1S/C16H16FN3O.C12H17N3O2/c1-10(2)14(16-19-8-13(9-21)20-16)7-15(18)11-3-5-12(17)6-4-11;1-14-5-7-15(8-6-14)12(17)11(16)10-3-2-4-13-9-10/h3-10,18H,1-2H3,(H,19,20);2-4,9,11,16H,5-8H2,1H3/b14-7-,18-15?;. The van der Waals surface area contributed by atoms with Gasteiger partial charge >= 0.3 is 0 Å². The van der Waals surface area contributed by atoms with Crippen LogP contribution in [0, 0.1) is 17.1 Å². The lowest BCUT2D eigenvalue weighted by molar-refractivity contribution is -0.142. The summed E-state index contributed by atoms with van der Waals surface area (Å²) in [7, 11) is 2.03. The Bertz CT molecular complexity index is 1250. The SMILES string of the molecule is CC(C)/C(=C/C(=N)c1ccc(F)cc1)c1ncc(C=O)[nH]1.CN1CCN(C(=O)C(O)c2cccnc2)CC1. The van der Waals surface area contributed by atoms with Crippen LogP contribution in [0.2, 0.25) is 0 Å². The number of piperazine rings is 1. The molecule has 1 fully saturated rings. The Morgan fingerprint density at radius 3 is 2.37 bits per heavy atom. The van der Waals surface area contributed by atoms with Crippen molar-refractivity contribution in [3.63, 3.8) is 0 Å². The Labute approximate surface area is 221 Å². The van der Waals surface area contributed by atoms with E-state index in [1.54, 1.807) is 41.4 Å². The molecule has 1 aromatic carbocycles. The molecule has 0 radical (unpaired) electrons. The molecule has 9 nitrogen and oxygen atoms in total. The van der Waals surface area contributed by atoms with Gasteiger partial charge in [0.05, 0.1) is 17.6 Å². The molecule has 3 N–H and O–H groups in total. The molecule has 3 heterocycles. The van der Waals surface area contributed by atoms with Crippen molar-refractivity contribution in [2.45, 2.75) is 20.0 Å². The van der Waals surface area contributed by atoms with E-state index in [1.165, 1.54) is 24.5 Å². The maximum atomic E-state index is 12.9. The average molecular weight is 521 g/mol. The maximum Gasteiger partial charge on any atom is 0.256 e. The van der Waals surface area contributed by atoms with E-state index in [0.717, 1.165) is 18.7 Å². The second-order valence-electron chi connectivity index (χ2n) is 9.30. The molecular weight excluding hydrogens is 487 g/mol. The zero-order valence-corrected chi connectivity index (χ0v) is 21.8. The van der Waals surface area contributed by atoms with Crippen molar-refractivity contribution in [2.24, 2.45) is 5.92 Å². The van der Waals surface area contributed by atoms with Gasteiger partial charge in [-0.05, 0) is 60.5 Å². The molecule has 0 aliphatic carbocycles. The lowest BCUT2D eigenvalue weighted by Gasteiger charge is -2.33. The topological polar surface area (TPSA) is 126 Å². The number of rotatable bonds is 7. The van der Waals surface area contributed by atoms with Crippen LogP contribution in [0.3, 0.4) is 0 Å². The van der Waals surface area contributed by atoms with Crippen LogP contribution in [0.5, 0.6) is 0 Å². The fourth-order valence-corrected chi connectivity index (χ4v) is 3.80. The van der Waals surface area contributed by atoms with E-state index in [1.807, 2.05) is 20.9 Å². The summed E-state index contributed by atoms with van der Waals surface area (Å²) in [6.07, 6.45) is 5.90. The molecule has 10 heteroatoms. The average Bonchev–Trinajstić information content (AvgIpc) is 3.41. The predicted molar refractivity (Wildman–Crippen MR) is 143 cm³/mol. The minimum absolute atomic E-state index is 0.122. The van der Waals surface area contributed by atoms with Crippen LogP contribution in [0.4, 0.5) is 4.39 Å². The molecule has 1 saturated heterocycles. The van der Waals surface area contributed by atoms with E-state index in [2.05, 4.69) is 19.9 Å². The summed E-state index contributed by atoms with van der Waals surface area (Å²) in [6.45, 7) is 7.01. The van der Waals surface area contributed by atoms with Gasteiger partial charge in [-0.1, -0.05) is 19.9 Å². The minimum Gasteiger partial charge on any atom is -0.378 e. The Hall–Kier alpha value is -4.02. The highest BCUT2D eigenvalue weighted by Gasteiger charge is 2.26. The third-order valence-electron chi connectivity index (χ3n) is 6.12. The molecule has 1 unspecified atom stereocenters. The van der Waals surface area contributed by atoms with E-state index in [0.29, 0.717) is 42.0 Å². The fourth-order valence-electron chi connectivity index (χ4n) is 3.80. The zero-order valence-electron chi connectivity index (χ0n) is 21.8. The van der Waals surface area contributed by atoms with Crippen LogP contribution >= 0.6 is 0 Å². The van der Waals surface area contributed by atoms with Crippen LogP contribution < -0.4 is 0 Å². The minimum atomic E-state index is -1.09. The number of aromatic nitrogens is 3. The summed E-state index contributed by atoms with van der Waals surface area (Å²) < 4.78 is 12.9. The summed E-state index contributed by atoms with van der Waals surface area (Å²) in [5.41, 5.74) is 2.65. The first-order chi connectivity index (χ1) is 18.2. The van der Waals surface area contributed by atoms with Crippen molar-refractivity contribution in [1.82, 2.24) is 24.8 Å².